The topological polar surface area (TPSA) is 174 Å². The molecule has 0 bridgehead atoms. The van der Waals surface area contributed by atoms with Gasteiger partial charge in [-0.1, -0.05) is 0 Å². The molecule has 46 heavy (non-hydrogen) atoms. The first kappa shape index (κ1) is 38.2. The van der Waals surface area contributed by atoms with Crippen LogP contribution < -0.4 is 14.8 Å². The summed E-state index contributed by atoms with van der Waals surface area (Å²) in [5.74, 6) is -3.34. The molecule has 0 amide bonds. The monoisotopic (exact) mass is 727 g/mol. The van der Waals surface area contributed by atoms with Crippen molar-refractivity contribution in [2.24, 2.45) is 20.5 Å². The zero-order valence-electron chi connectivity index (χ0n) is 24.6. The number of carbonyl (C=O) groups excluding carboxylic acids is 2. The Balaban J connectivity index is 0.000000316. The van der Waals surface area contributed by atoms with E-state index in [-0.39, 0.29) is 49.6 Å². The minimum atomic E-state index is -2.64. The van der Waals surface area contributed by atoms with Crippen molar-refractivity contribution in [3.63, 3.8) is 0 Å². The van der Waals surface area contributed by atoms with Gasteiger partial charge in [-0.3, -0.25) is 24.8 Å². The van der Waals surface area contributed by atoms with E-state index in [1.807, 2.05) is 0 Å². The smallest absolute Gasteiger partial charge is 0.357 e. The molecule has 0 aliphatic rings. The molecule has 1 radical (unpaired) electrons. The van der Waals surface area contributed by atoms with Gasteiger partial charge in [0.15, 0.2) is 34.7 Å². The second-order valence-electron chi connectivity index (χ2n) is 8.87. The van der Waals surface area contributed by atoms with Crippen LogP contribution in [0, 0.1) is 11.6 Å². The number of hydrogen-bond donors (Lipinski definition) is 4. The summed E-state index contributed by atoms with van der Waals surface area (Å²) < 4.78 is 50.5. The molecule has 237 valence electrons. The molecule has 0 spiro atoms. The number of phenolic OH excluding ortho intramolecular Hbond substituents is 1. The number of nitrogens with zero attached hydrogens (tertiary/aromatic N) is 4. The number of benzene rings is 4. The van der Waals surface area contributed by atoms with Gasteiger partial charge in [-0.2, -0.15) is 24.7 Å². The summed E-state index contributed by atoms with van der Waals surface area (Å²) >= 11 is -2.64. The van der Waals surface area contributed by atoms with E-state index >= 15 is 0 Å². The predicted octanol–water partition coefficient (Wildman–Crippen LogP) is 5.85. The van der Waals surface area contributed by atoms with Gasteiger partial charge in [0.05, 0.1) is 11.4 Å². The summed E-state index contributed by atoms with van der Waals surface area (Å²) in [6, 6.07) is 19.8. The number of aromatic hydroxyl groups is 1. The summed E-state index contributed by atoms with van der Waals surface area (Å²) in [5, 5.41) is 30.4. The Bertz CT molecular complexity index is 1710. The van der Waals surface area contributed by atoms with Gasteiger partial charge in [0.25, 0.3) is 0 Å². The number of carbonyl (C=O) groups is 2. The summed E-state index contributed by atoms with van der Waals surface area (Å²) in [6.07, 6.45) is 0. The van der Waals surface area contributed by atoms with Crippen molar-refractivity contribution in [2.75, 3.05) is 27.4 Å². The van der Waals surface area contributed by atoms with Crippen LogP contribution in [0.3, 0.4) is 0 Å². The maximum atomic E-state index is 13.8. The molecule has 0 aliphatic heterocycles. The largest absolute Gasteiger partial charge is 0.505 e. The molecule has 1 unspecified atom stereocenters. The van der Waals surface area contributed by atoms with E-state index in [1.165, 1.54) is 12.1 Å². The minimum absolute atomic E-state index is 0. The van der Waals surface area contributed by atoms with Gasteiger partial charge in [0.2, 0.25) is 0 Å². The van der Waals surface area contributed by atoms with Crippen molar-refractivity contribution < 1.29 is 69.1 Å². The molecular weight excluding hydrogens is 699 g/mol. The number of halogens is 2. The minimum Gasteiger partial charge on any atom is -0.505 e. The van der Waals surface area contributed by atoms with E-state index in [9.17, 15) is 22.6 Å². The third-order valence-corrected chi connectivity index (χ3v) is 5.98. The normalized spacial score (nSPS) is 11.4. The Labute approximate surface area is 290 Å². The zero-order chi connectivity index (χ0) is 32.8. The summed E-state index contributed by atoms with van der Waals surface area (Å²) in [5.41, 5.74) is 2.23. The van der Waals surface area contributed by atoms with Crippen LogP contribution in [0.5, 0.6) is 11.5 Å². The third-order valence-electron chi connectivity index (χ3n) is 5.65. The third kappa shape index (κ3) is 11.7. The second kappa shape index (κ2) is 19.5. The average molecular weight is 728 g/mol. The maximum absolute atomic E-state index is 13.8. The molecule has 4 aromatic rings. The Morgan fingerprint density at radius 1 is 0.717 bits per heavy atom. The molecule has 1 atom stereocenters. The van der Waals surface area contributed by atoms with E-state index in [0.29, 0.717) is 35.8 Å². The van der Waals surface area contributed by atoms with Crippen LogP contribution in [-0.2, 0) is 44.1 Å². The van der Waals surface area contributed by atoms with Gasteiger partial charge in [0.1, 0.15) is 13.3 Å². The zero-order valence-corrected chi connectivity index (χ0v) is 28.2. The Morgan fingerprint density at radius 2 is 1.13 bits per heavy atom. The van der Waals surface area contributed by atoms with Gasteiger partial charge < -0.3 is 9.29 Å². The SMILES string of the molecule is CNCN=Nc1ccc(C(=O)c2ccc(O)c(F)c2)cc1.CNCN=Nc1ccc(C(=O)c2ccc(OS(=O)O)c(F)c2)cc1.[Y]. The molecule has 4 aromatic carbocycles. The number of ketones is 2. The van der Waals surface area contributed by atoms with Gasteiger partial charge in [0, 0.05) is 55.0 Å². The summed E-state index contributed by atoms with van der Waals surface area (Å²) in [7, 11) is 3.51. The van der Waals surface area contributed by atoms with Crippen LogP contribution >= 0.6 is 0 Å². The van der Waals surface area contributed by atoms with Crippen LogP contribution in [-0.4, -0.2) is 52.9 Å². The molecular formula is C30H28F2N6O6SY. The van der Waals surface area contributed by atoms with E-state index < -0.39 is 40.3 Å². The van der Waals surface area contributed by atoms with Gasteiger partial charge in [-0.15, -0.1) is 0 Å². The number of rotatable bonds is 12. The van der Waals surface area contributed by atoms with E-state index in [0.717, 1.165) is 24.3 Å². The maximum Gasteiger partial charge on any atom is 0.357 e. The number of hydrogen-bond acceptors (Lipinski definition) is 11. The molecule has 0 fully saturated rings. The Kier molecular flexibility index (Phi) is 16.2. The predicted molar refractivity (Wildman–Crippen MR) is 162 cm³/mol. The fourth-order valence-corrected chi connectivity index (χ4v) is 3.79. The quantitative estimate of drug-likeness (QED) is 0.0799. The molecule has 0 aliphatic carbocycles. The molecule has 0 heterocycles. The van der Waals surface area contributed by atoms with Crippen molar-refractivity contribution in [1.82, 2.24) is 10.6 Å². The van der Waals surface area contributed by atoms with Gasteiger partial charge >= 0.3 is 11.4 Å². The fourth-order valence-electron chi connectivity index (χ4n) is 3.50. The van der Waals surface area contributed by atoms with Gasteiger partial charge in [-0.25, -0.2) is 8.78 Å². The first-order valence-corrected chi connectivity index (χ1v) is 14.1. The molecule has 0 saturated carbocycles. The second-order valence-corrected chi connectivity index (χ2v) is 9.47. The Morgan fingerprint density at radius 3 is 1.52 bits per heavy atom. The standard InChI is InChI=1S/C15H14FN3O4S.C15H14FN3O2.Y/c1-17-9-18-19-12-5-2-10(3-6-12)15(20)11-4-7-14(13(16)8-11)23-24(21)22;1-17-9-18-19-12-5-2-10(3-6-12)15(21)11-4-7-14(20)13(16)8-11;/h2-8,17H,9H2,1H3,(H,21,22);2-8,17,20H,9H2,1H3;. The van der Waals surface area contributed by atoms with E-state index in [2.05, 4.69) is 35.3 Å². The molecule has 4 N–H and O–H groups in total. The van der Waals surface area contributed by atoms with E-state index in [4.69, 9.17) is 9.66 Å². The van der Waals surface area contributed by atoms with E-state index in [1.54, 1.807) is 62.6 Å². The van der Waals surface area contributed by atoms with Crippen molar-refractivity contribution in [3.05, 3.63) is 119 Å². The fraction of sp³-hybridized carbons (Fsp3) is 0.133. The number of nitrogens with one attached hydrogen (secondary N) is 2. The average Bonchev–Trinajstić information content (AvgIpc) is 3.04. The van der Waals surface area contributed by atoms with Crippen LogP contribution in [0.25, 0.3) is 0 Å². The summed E-state index contributed by atoms with van der Waals surface area (Å²) in [4.78, 5) is 24.5. The van der Waals surface area contributed by atoms with Gasteiger partial charge in [-0.05, 0) is 99.0 Å². The first-order valence-electron chi connectivity index (χ1n) is 13.0. The molecule has 0 saturated heterocycles. The van der Waals surface area contributed by atoms with Crippen LogP contribution in [0.4, 0.5) is 20.2 Å². The van der Waals surface area contributed by atoms with Crippen molar-refractivity contribution in [1.29, 1.82) is 0 Å². The van der Waals surface area contributed by atoms with Crippen LogP contribution in [0.15, 0.2) is 105 Å². The van der Waals surface area contributed by atoms with Crippen molar-refractivity contribution >= 4 is 34.3 Å². The molecule has 0 aromatic heterocycles. The molecule has 4 rings (SSSR count). The number of phenols is 1. The summed E-state index contributed by atoms with van der Waals surface area (Å²) in [6.45, 7) is 0.792. The number of azo groups is 2. The molecule has 16 heteroatoms. The van der Waals surface area contributed by atoms with Crippen LogP contribution in [0.2, 0.25) is 0 Å². The van der Waals surface area contributed by atoms with Crippen molar-refractivity contribution in [2.45, 2.75) is 0 Å². The first-order chi connectivity index (χ1) is 21.6. The van der Waals surface area contributed by atoms with Crippen LogP contribution in [0.1, 0.15) is 31.8 Å². The molecule has 12 nitrogen and oxygen atoms in total. The Hall–Kier alpha value is -3.99. The van der Waals surface area contributed by atoms with Crippen molar-refractivity contribution in [3.8, 4) is 11.5 Å².